The molecule has 35 heavy (non-hydrogen) atoms. The maximum Gasteiger partial charge on any atom is 0.234 e. The summed E-state index contributed by atoms with van der Waals surface area (Å²) in [5.41, 5.74) is 1.85. The average molecular weight is 504 g/mol. The number of hydrogen-bond acceptors (Lipinski definition) is 7. The molecule has 0 radical (unpaired) electrons. The summed E-state index contributed by atoms with van der Waals surface area (Å²) in [7, 11) is 0. The molecule has 1 N–H and O–H groups in total. The largest absolute Gasteiger partial charge is 0.343 e. The predicted molar refractivity (Wildman–Crippen MR) is 142 cm³/mol. The third kappa shape index (κ3) is 5.80. The van der Waals surface area contributed by atoms with Crippen LogP contribution in [0.5, 0.6) is 0 Å². The van der Waals surface area contributed by atoms with Gasteiger partial charge in [-0.2, -0.15) is 0 Å². The molecule has 0 saturated carbocycles. The van der Waals surface area contributed by atoms with Crippen LogP contribution in [0.3, 0.4) is 0 Å². The lowest BCUT2D eigenvalue weighted by atomic mass is 10.0. The molecular weight excluding hydrogens is 478 g/mol. The number of nitrogens with zero attached hydrogens (tertiary/aromatic N) is 4. The highest BCUT2D eigenvalue weighted by Gasteiger charge is 2.24. The summed E-state index contributed by atoms with van der Waals surface area (Å²) in [5.74, 6) is 0.357. The molecule has 1 aliphatic rings. The fourth-order valence-electron chi connectivity index (χ4n) is 4.10. The van der Waals surface area contributed by atoms with Crippen LogP contribution < -0.4 is 10.2 Å². The standard InChI is InChI=1S/C26H25N5O2S2/c32-23(27-21-10-2-1-3-11-21)18-34-26-29-28-25(35-26)31-15-13-30(14-16-31)24(33)17-20-9-6-8-19-7-4-5-12-22(19)20/h1-12H,13-18H2,(H,27,32). The van der Waals surface area contributed by atoms with Crippen molar-refractivity contribution >= 4 is 56.5 Å². The van der Waals surface area contributed by atoms with Gasteiger partial charge in [-0.15, -0.1) is 10.2 Å². The van der Waals surface area contributed by atoms with Crippen LogP contribution in [0.2, 0.25) is 0 Å². The van der Waals surface area contributed by atoms with Crippen LogP contribution in [0, 0.1) is 0 Å². The highest BCUT2D eigenvalue weighted by molar-refractivity contribution is 8.01. The quantitative estimate of drug-likeness (QED) is 0.379. The first-order chi connectivity index (χ1) is 17.2. The first-order valence-corrected chi connectivity index (χ1v) is 13.3. The fourth-order valence-corrected chi connectivity index (χ4v) is 5.80. The van der Waals surface area contributed by atoms with E-state index >= 15 is 0 Å². The monoisotopic (exact) mass is 503 g/mol. The van der Waals surface area contributed by atoms with Gasteiger partial charge < -0.3 is 15.1 Å². The van der Waals surface area contributed by atoms with E-state index in [1.165, 1.54) is 23.1 Å². The van der Waals surface area contributed by atoms with Crippen molar-refractivity contribution in [3.63, 3.8) is 0 Å². The minimum atomic E-state index is -0.0729. The van der Waals surface area contributed by atoms with Crippen LogP contribution in [-0.2, 0) is 16.0 Å². The van der Waals surface area contributed by atoms with Crippen molar-refractivity contribution < 1.29 is 9.59 Å². The summed E-state index contributed by atoms with van der Waals surface area (Å²) in [5, 5.41) is 14.5. The maximum absolute atomic E-state index is 13.0. The first kappa shape index (κ1) is 23.3. The molecule has 0 aliphatic carbocycles. The van der Waals surface area contributed by atoms with E-state index in [1.54, 1.807) is 0 Å². The number of thioether (sulfide) groups is 1. The van der Waals surface area contributed by atoms with Crippen LogP contribution in [0.4, 0.5) is 10.8 Å². The molecule has 0 spiro atoms. The molecule has 7 nitrogen and oxygen atoms in total. The van der Waals surface area contributed by atoms with Crippen molar-refractivity contribution in [3.05, 3.63) is 78.4 Å². The molecule has 1 aromatic heterocycles. The Labute approximate surface area is 212 Å². The summed E-state index contributed by atoms with van der Waals surface area (Å²) in [4.78, 5) is 29.2. The number of piperazine rings is 1. The third-order valence-electron chi connectivity index (χ3n) is 5.90. The topological polar surface area (TPSA) is 78.4 Å². The van der Waals surface area contributed by atoms with Crippen molar-refractivity contribution in [1.29, 1.82) is 0 Å². The van der Waals surface area contributed by atoms with E-state index in [1.807, 2.05) is 59.5 Å². The number of aromatic nitrogens is 2. The number of hydrogen-bond donors (Lipinski definition) is 1. The lowest BCUT2D eigenvalue weighted by molar-refractivity contribution is -0.130. The molecule has 0 unspecified atom stereocenters. The lowest BCUT2D eigenvalue weighted by Crippen LogP contribution is -2.49. The van der Waals surface area contributed by atoms with Crippen molar-refractivity contribution in [2.24, 2.45) is 0 Å². The summed E-state index contributed by atoms with van der Waals surface area (Å²) >= 11 is 2.87. The van der Waals surface area contributed by atoms with Crippen LogP contribution in [0.1, 0.15) is 5.56 Å². The fraction of sp³-hybridized carbons (Fsp3) is 0.231. The zero-order valence-electron chi connectivity index (χ0n) is 19.1. The van der Waals surface area contributed by atoms with E-state index in [9.17, 15) is 9.59 Å². The van der Waals surface area contributed by atoms with Crippen molar-refractivity contribution in [3.8, 4) is 0 Å². The Morgan fingerprint density at radius 3 is 2.46 bits per heavy atom. The molecule has 3 aromatic carbocycles. The molecule has 2 heterocycles. The number of rotatable bonds is 7. The molecular formula is C26H25N5O2S2. The third-order valence-corrected chi connectivity index (χ3v) is 8.02. The molecule has 4 aromatic rings. The number of para-hydroxylation sites is 1. The zero-order chi connectivity index (χ0) is 24.0. The van der Waals surface area contributed by atoms with Crippen LogP contribution in [0.25, 0.3) is 10.8 Å². The van der Waals surface area contributed by atoms with E-state index < -0.39 is 0 Å². The Hall–Kier alpha value is -3.43. The molecule has 0 bridgehead atoms. The van der Waals surface area contributed by atoms with E-state index in [2.05, 4.69) is 38.6 Å². The Bertz CT molecular complexity index is 1310. The van der Waals surface area contributed by atoms with Crippen LogP contribution >= 0.6 is 23.1 Å². The highest BCUT2D eigenvalue weighted by Crippen LogP contribution is 2.29. The van der Waals surface area contributed by atoms with Gasteiger partial charge in [0.2, 0.25) is 16.9 Å². The van der Waals surface area contributed by atoms with Crippen LogP contribution in [-0.4, -0.2) is 58.8 Å². The minimum absolute atomic E-state index is 0.0729. The predicted octanol–water partition coefficient (Wildman–Crippen LogP) is 4.31. The average Bonchev–Trinajstić information content (AvgIpc) is 3.38. The summed E-state index contributed by atoms with van der Waals surface area (Å²) in [6.45, 7) is 2.75. The molecule has 0 atom stereocenters. The molecule has 2 amide bonds. The number of carbonyl (C=O) groups is 2. The summed E-state index contributed by atoms with van der Waals surface area (Å²) in [6, 6.07) is 23.7. The molecule has 1 fully saturated rings. The number of fused-ring (bicyclic) bond motifs is 1. The first-order valence-electron chi connectivity index (χ1n) is 11.5. The zero-order valence-corrected chi connectivity index (χ0v) is 20.7. The van der Waals surface area contributed by atoms with E-state index in [0.717, 1.165) is 44.6 Å². The van der Waals surface area contributed by atoms with Gasteiger partial charge in [-0.3, -0.25) is 9.59 Å². The Balaban J connectivity index is 1.11. The summed E-state index contributed by atoms with van der Waals surface area (Å²) < 4.78 is 0.762. The number of carbonyl (C=O) groups excluding carboxylic acids is 2. The maximum atomic E-state index is 13.0. The van der Waals surface area contributed by atoms with Gasteiger partial charge in [-0.25, -0.2) is 0 Å². The summed E-state index contributed by atoms with van der Waals surface area (Å²) in [6.07, 6.45) is 0.409. The highest BCUT2D eigenvalue weighted by atomic mass is 32.2. The Kier molecular flexibility index (Phi) is 7.25. The molecule has 178 valence electrons. The number of benzene rings is 3. The molecule has 9 heteroatoms. The normalized spacial score (nSPS) is 13.7. The molecule has 1 aliphatic heterocycles. The molecule has 5 rings (SSSR count). The number of amides is 2. The van der Waals surface area contributed by atoms with Crippen molar-refractivity contribution in [2.45, 2.75) is 10.8 Å². The van der Waals surface area contributed by atoms with E-state index in [4.69, 9.17) is 0 Å². The minimum Gasteiger partial charge on any atom is -0.343 e. The van der Waals surface area contributed by atoms with Gasteiger partial charge in [-0.1, -0.05) is 83.8 Å². The Morgan fingerprint density at radius 2 is 1.63 bits per heavy atom. The van der Waals surface area contributed by atoms with Gasteiger partial charge in [0.25, 0.3) is 0 Å². The second-order valence-electron chi connectivity index (χ2n) is 8.24. The van der Waals surface area contributed by atoms with E-state index in [-0.39, 0.29) is 17.6 Å². The molecule has 1 saturated heterocycles. The van der Waals surface area contributed by atoms with Gasteiger partial charge >= 0.3 is 0 Å². The second kappa shape index (κ2) is 10.9. The van der Waals surface area contributed by atoms with Gasteiger partial charge in [0, 0.05) is 31.9 Å². The number of nitrogens with one attached hydrogen (secondary N) is 1. The van der Waals surface area contributed by atoms with Crippen molar-refractivity contribution in [1.82, 2.24) is 15.1 Å². The van der Waals surface area contributed by atoms with Crippen molar-refractivity contribution in [2.75, 3.05) is 42.1 Å². The van der Waals surface area contributed by atoms with Gasteiger partial charge in [0.05, 0.1) is 12.2 Å². The van der Waals surface area contributed by atoms with Gasteiger partial charge in [-0.05, 0) is 28.5 Å². The Morgan fingerprint density at radius 1 is 0.886 bits per heavy atom. The van der Waals surface area contributed by atoms with Gasteiger partial charge in [0.1, 0.15) is 0 Å². The SMILES string of the molecule is O=C(CSc1nnc(N2CCN(C(=O)Cc3cccc4ccccc34)CC2)s1)Nc1ccccc1. The van der Waals surface area contributed by atoms with E-state index in [0.29, 0.717) is 19.5 Å². The lowest BCUT2D eigenvalue weighted by Gasteiger charge is -2.34. The smallest absolute Gasteiger partial charge is 0.234 e. The van der Waals surface area contributed by atoms with Crippen LogP contribution in [0.15, 0.2) is 77.1 Å². The number of anilines is 2. The van der Waals surface area contributed by atoms with Gasteiger partial charge in [0.15, 0.2) is 4.34 Å². The second-order valence-corrected chi connectivity index (χ2v) is 10.4.